The van der Waals surface area contributed by atoms with E-state index in [4.69, 9.17) is 10.5 Å². The molecule has 92 valence electrons. The lowest BCUT2D eigenvalue weighted by molar-refractivity contribution is 0.187. The standard InChI is InChI=1S/C11H16N4OS/c1-3-8-6-9(10(12)17-8)11-14-13-7-15(11)4-5-16-2/h6-7H,3-5,12H2,1-2H3. The molecule has 2 aromatic heterocycles. The van der Waals surface area contributed by atoms with Gasteiger partial charge in [0.2, 0.25) is 0 Å². The molecule has 17 heavy (non-hydrogen) atoms. The quantitative estimate of drug-likeness (QED) is 0.881. The molecule has 0 aliphatic heterocycles. The summed E-state index contributed by atoms with van der Waals surface area (Å²) in [6.07, 6.45) is 2.69. The SMILES string of the molecule is CCc1cc(-c2nncn2CCOC)c(N)s1. The van der Waals surface area contributed by atoms with E-state index < -0.39 is 0 Å². The molecule has 0 aliphatic rings. The van der Waals surface area contributed by atoms with Crippen LogP contribution in [-0.2, 0) is 17.7 Å². The van der Waals surface area contributed by atoms with Gasteiger partial charge in [-0.1, -0.05) is 6.92 Å². The fourth-order valence-electron chi connectivity index (χ4n) is 1.62. The highest BCUT2D eigenvalue weighted by Crippen LogP contribution is 2.32. The third-order valence-corrected chi connectivity index (χ3v) is 3.66. The van der Waals surface area contributed by atoms with Crippen molar-refractivity contribution in [2.75, 3.05) is 19.5 Å². The fourth-order valence-corrected chi connectivity index (χ4v) is 2.49. The van der Waals surface area contributed by atoms with Crippen molar-refractivity contribution < 1.29 is 4.74 Å². The molecule has 0 spiro atoms. The second-order valence-electron chi connectivity index (χ2n) is 3.68. The van der Waals surface area contributed by atoms with Gasteiger partial charge < -0.3 is 15.0 Å². The van der Waals surface area contributed by atoms with Gasteiger partial charge >= 0.3 is 0 Å². The van der Waals surface area contributed by atoms with Crippen LogP contribution < -0.4 is 5.73 Å². The topological polar surface area (TPSA) is 66.0 Å². The largest absolute Gasteiger partial charge is 0.390 e. The molecule has 0 saturated heterocycles. The van der Waals surface area contributed by atoms with Crippen molar-refractivity contribution in [2.24, 2.45) is 0 Å². The van der Waals surface area contributed by atoms with Crippen LogP contribution in [0.25, 0.3) is 11.4 Å². The first kappa shape index (κ1) is 12.1. The number of rotatable bonds is 5. The van der Waals surface area contributed by atoms with E-state index in [1.807, 2.05) is 4.57 Å². The van der Waals surface area contributed by atoms with E-state index in [9.17, 15) is 0 Å². The Hall–Kier alpha value is -1.40. The number of nitrogens with two attached hydrogens (primary N) is 1. The van der Waals surface area contributed by atoms with Gasteiger partial charge in [0.25, 0.3) is 0 Å². The number of anilines is 1. The van der Waals surface area contributed by atoms with Gasteiger partial charge in [0.05, 0.1) is 17.2 Å². The van der Waals surface area contributed by atoms with Gasteiger partial charge in [-0.3, -0.25) is 0 Å². The van der Waals surface area contributed by atoms with Gasteiger partial charge in [-0.2, -0.15) is 0 Å². The molecular formula is C11H16N4OS. The van der Waals surface area contributed by atoms with Gasteiger partial charge in [0.15, 0.2) is 5.82 Å². The van der Waals surface area contributed by atoms with E-state index in [2.05, 4.69) is 23.2 Å². The molecule has 6 heteroatoms. The summed E-state index contributed by atoms with van der Waals surface area (Å²) in [6.45, 7) is 3.48. The minimum absolute atomic E-state index is 0.635. The molecule has 0 saturated carbocycles. The average molecular weight is 252 g/mol. The maximum Gasteiger partial charge on any atom is 0.166 e. The maximum atomic E-state index is 6.01. The van der Waals surface area contributed by atoms with Crippen LogP contribution in [-0.4, -0.2) is 28.5 Å². The minimum atomic E-state index is 0.635. The normalized spacial score (nSPS) is 10.9. The summed E-state index contributed by atoms with van der Waals surface area (Å²) in [6, 6.07) is 2.09. The highest BCUT2D eigenvalue weighted by atomic mass is 32.1. The highest BCUT2D eigenvalue weighted by Gasteiger charge is 2.13. The van der Waals surface area contributed by atoms with Crippen molar-refractivity contribution >= 4 is 16.3 Å². The Labute approximate surface area is 104 Å². The minimum Gasteiger partial charge on any atom is -0.390 e. The second kappa shape index (κ2) is 5.29. The number of aromatic nitrogens is 3. The smallest absolute Gasteiger partial charge is 0.166 e. The van der Waals surface area contributed by atoms with Crippen LogP contribution >= 0.6 is 11.3 Å². The zero-order valence-electron chi connectivity index (χ0n) is 10.0. The van der Waals surface area contributed by atoms with Gasteiger partial charge in [-0.25, -0.2) is 0 Å². The summed E-state index contributed by atoms with van der Waals surface area (Å²) in [4.78, 5) is 1.26. The Kier molecular flexibility index (Phi) is 3.75. The van der Waals surface area contributed by atoms with E-state index in [0.29, 0.717) is 6.61 Å². The summed E-state index contributed by atoms with van der Waals surface area (Å²) in [5.41, 5.74) is 6.98. The molecule has 0 bridgehead atoms. The van der Waals surface area contributed by atoms with Crippen LogP contribution in [0.15, 0.2) is 12.4 Å². The molecule has 0 aliphatic carbocycles. The van der Waals surface area contributed by atoms with Crippen molar-refractivity contribution in [3.8, 4) is 11.4 Å². The Bertz CT molecular complexity index is 491. The number of nitrogen functional groups attached to an aromatic ring is 1. The second-order valence-corrected chi connectivity index (χ2v) is 4.85. The molecule has 2 N–H and O–H groups in total. The first-order valence-electron chi connectivity index (χ1n) is 5.51. The summed E-state index contributed by atoms with van der Waals surface area (Å²) in [5.74, 6) is 0.815. The molecule has 0 fully saturated rings. The molecule has 0 atom stereocenters. The summed E-state index contributed by atoms with van der Waals surface area (Å²) < 4.78 is 7.02. The van der Waals surface area contributed by atoms with E-state index in [1.54, 1.807) is 24.8 Å². The Balaban J connectivity index is 2.32. The lowest BCUT2D eigenvalue weighted by atomic mass is 10.2. The third kappa shape index (κ3) is 2.48. The fraction of sp³-hybridized carbons (Fsp3) is 0.455. The first-order valence-corrected chi connectivity index (χ1v) is 6.33. The molecule has 2 heterocycles. The lowest BCUT2D eigenvalue weighted by Crippen LogP contribution is -2.05. The van der Waals surface area contributed by atoms with E-state index in [1.165, 1.54) is 4.88 Å². The number of hydrogen-bond acceptors (Lipinski definition) is 5. The number of methoxy groups -OCH3 is 1. The number of nitrogens with zero attached hydrogens (tertiary/aromatic N) is 3. The Morgan fingerprint density at radius 2 is 2.35 bits per heavy atom. The molecule has 2 aromatic rings. The van der Waals surface area contributed by atoms with Crippen LogP contribution in [0.2, 0.25) is 0 Å². The van der Waals surface area contributed by atoms with Crippen LogP contribution in [0.3, 0.4) is 0 Å². The van der Waals surface area contributed by atoms with Crippen LogP contribution in [0.4, 0.5) is 5.00 Å². The molecule has 0 aromatic carbocycles. The molecular weight excluding hydrogens is 236 g/mol. The predicted octanol–water partition coefficient (Wildman–Crippen LogP) is 1.80. The Morgan fingerprint density at radius 3 is 3.00 bits per heavy atom. The van der Waals surface area contributed by atoms with Crippen LogP contribution in [0.5, 0.6) is 0 Å². The lowest BCUT2D eigenvalue weighted by Gasteiger charge is -2.04. The summed E-state index contributed by atoms with van der Waals surface area (Å²) in [7, 11) is 1.68. The van der Waals surface area contributed by atoms with E-state index >= 15 is 0 Å². The van der Waals surface area contributed by atoms with Crippen molar-refractivity contribution in [2.45, 2.75) is 19.9 Å². The van der Waals surface area contributed by atoms with Gasteiger partial charge in [0.1, 0.15) is 6.33 Å². The van der Waals surface area contributed by atoms with Crippen molar-refractivity contribution in [3.05, 3.63) is 17.3 Å². The first-order chi connectivity index (χ1) is 8.26. The number of thiophene rings is 1. The zero-order valence-corrected chi connectivity index (χ0v) is 10.8. The zero-order chi connectivity index (χ0) is 12.3. The molecule has 0 unspecified atom stereocenters. The average Bonchev–Trinajstić information content (AvgIpc) is 2.92. The van der Waals surface area contributed by atoms with Crippen LogP contribution in [0, 0.1) is 0 Å². The number of ether oxygens (including phenoxy) is 1. The van der Waals surface area contributed by atoms with E-state index in [0.717, 1.165) is 29.4 Å². The predicted molar refractivity (Wildman–Crippen MR) is 69.0 cm³/mol. The Morgan fingerprint density at radius 1 is 1.53 bits per heavy atom. The summed E-state index contributed by atoms with van der Waals surface area (Å²) >= 11 is 1.61. The third-order valence-electron chi connectivity index (χ3n) is 2.55. The molecule has 5 nitrogen and oxygen atoms in total. The molecule has 0 amide bonds. The molecule has 2 rings (SSSR count). The van der Waals surface area contributed by atoms with Gasteiger partial charge in [-0.15, -0.1) is 21.5 Å². The summed E-state index contributed by atoms with van der Waals surface area (Å²) in [5, 5.41) is 8.87. The monoisotopic (exact) mass is 252 g/mol. The van der Waals surface area contributed by atoms with Crippen molar-refractivity contribution in [1.29, 1.82) is 0 Å². The van der Waals surface area contributed by atoms with Crippen molar-refractivity contribution in [1.82, 2.24) is 14.8 Å². The molecule has 0 radical (unpaired) electrons. The number of hydrogen-bond donors (Lipinski definition) is 1. The number of aryl methyl sites for hydroxylation is 1. The van der Waals surface area contributed by atoms with E-state index in [-0.39, 0.29) is 0 Å². The van der Waals surface area contributed by atoms with Gasteiger partial charge in [-0.05, 0) is 12.5 Å². The highest BCUT2D eigenvalue weighted by molar-refractivity contribution is 7.16. The maximum absolute atomic E-state index is 6.01. The van der Waals surface area contributed by atoms with Crippen LogP contribution in [0.1, 0.15) is 11.8 Å². The van der Waals surface area contributed by atoms with Crippen molar-refractivity contribution in [3.63, 3.8) is 0 Å². The van der Waals surface area contributed by atoms with Gasteiger partial charge in [0, 0.05) is 18.5 Å².